The molecule has 1 aliphatic heterocycles. The van der Waals surface area contributed by atoms with Crippen molar-refractivity contribution in [3.63, 3.8) is 0 Å². The Morgan fingerprint density at radius 1 is 1.82 bits per heavy atom. The summed E-state index contributed by atoms with van der Waals surface area (Å²) in [6, 6.07) is 0. The molecular weight excluding hydrogens is 169 g/mol. The van der Waals surface area contributed by atoms with Crippen LogP contribution < -0.4 is 0 Å². The van der Waals surface area contributed by atoms with Crippen LogP contribution in [-0.2, 0) is 11.1 Å². The van der Waals surface area contributed by atoms with Crippen LogP contribution in [0.2, 0.25) is 0 Å². The van der Waals surface area contributed by atoms with Gasteiger partial charge in [-0.05, 0) is 24.4 Å². The van der Waals surface area contributed by atoms with Gasteiger partial charge in [-0.2, -0.15) is 0 Å². The van der Waals surface area contributed by atoms with E-state index >= 15 is 0 Å². The first-order valence-corrected chi connectivity index (χ1v) is 4.71. The molecule has 0 radical (unpaired) electrons. The summed E-state index contributed by atoms with van der Waals surface area (Å²) in [5.74, 6) is 0. The van der Waals surface area contributed by atoms with E-state index in [0.717, 1.165) is 0 Å². The van der Waals surface area contributed by atoms with Crippen LogP contribution in [-0.4, -0.2) is 38.3 Å². The molecular formula is C6H11FNO2S-. The number of hydrogen-bond donors (Lipinski definition) is 0. The molecule has 1 saturated heterocycles. The Morgan fingerprint density at radius 3 is 2.82 bits per heavy atom. The van der Waals surface area contributed by atoms with Crippen molar-refractivity contribution >= 4 is 11.1 Å². The number of likely N-dealkylation sites (tertiary alicyclic amines) is 1. The third-order valence-electron chi connectivity index (χ3n) is 1.95. The molecule has 3 nitrogen and oxygen atoms in total. The molecule has 11 heavy (non-hydrogen) atoms. The minimum atomic E-state index is -2.11. The Bertz CT molecular complexity index is 167. The summed E-state index contributed by atoms with van der Waals surface area (Å²) in [5, 5.41) is -0.546. The van der Waals surface area contributed by atoms with Gasteiger partial charge >= 0.3 is 0 Å². The SMILES string of the molecule is CC(N1CCC(F)C1)S(=O)[O-]. The Labute approximate surface area is 67.9 Å². The van der Waals surface area contributed by atoms with Gasteiger partial charge in [0.15, 0.2) is 0 Å². The zero-order valence-corrected chi connectivity index (χ0v) is 7.14. The zero-order chi connectivity index (χ0) is 8.43. The maximum absolute atomic E-state index is 12.6. The van der Waals surface area contributed by atoms with Crippen LogP contribution in [0.15, 0.2) is 0 Å². The predicted molar refractivity (Wildman–Crippen MR) is 39.5 cm³/mol. The molecule has 0 aromatic rings. The third kappa shape index (κ3) is 2.21. The fourth-order valence-corrected chi connectivity index (χ4v) is 1.63. The molecule has 1 aliphatic rings. The predicted octanol–water partition coefficient (Wildman–Crippen LogP) is 0.255. The van der Waals surface area contributed by atoms with Gasteiger partial charge in [0.1, 0.15) is 6.17 Å². The van der Waals surface area contributed by atoms with Crippen molar-refractivity contribution in [2.45, 2.75) is 24.9 Å². The van der Waals surface area contributed by atoms with Crippen LogP contribution in [0.25, 0.3) is 0 Å². The van der Waals surface area contributed by atoms with Gasteiger partial charge in [0.25, 0.3) is 0 Å². The Balaban J connectivity index is 2.43. The van der Waals surface area contributed by atoms with Gasteiger partial charge in [-0.1, -0.05) is 0 Å². The number of alkyl halides is 1. The van der Waals surface area contributed by atoms with Crippen molar-refractivity contribution in [2.75, 3.05) is 13.1 Å². The van der Waals surface area contributed by atoms with Gasteiger partial charge in [-0.25, -0.2) is 4.39 Å². The van der Waals surface area contributed by atoms with Crippen molar-refractivity contribution < 1.29 is 13.2 Å². The van der Waals surface area contributed by atoms with Crippen molar-refractivity contribution in [3.8, 4) is 0 Å². The fraction of sp³-hybridized carbons (Fsp3) is 1.00. The number of hydrogen-bond acceptors (Lipinski definition) is 3. The molecule has 0 aromatic carbocycles. The van der Waals surface area contributed by atoms with Gasteiger partial charge < -0.3 is 4.55 Å². The van der Waals surface area contributed by atoms with Crippen molar-refractivity contribution in [3.05, 3.63) is 0 Å². The Hall–Kier alpha value is -0.0000000000000000486. The first-order valence-electron chi connectivity index (χ1n) is 3.57. The van der Waals surface area contributed by atoms with Gasteiger partial charge in [0.05, 0.1) is 5.37 Å². The van der Waals surface area contributed by atoms with Crippen LogP contribution in [0.3, 0.4) is 0 Å². The smallest absolute Gasteiger partial charge is 0.114 e. The maximum Gasteiger partial charge on any atom is 0.114 e. The molecule has 0 saturated carbocycles. The second-order valence-corrected chi connectivity index (χ2v) is 3.94. The van der Waals surface area contributed by atoms with Crippen molar-refractivity contribution in [1.29, 1.82) is 0 Å². The summed E-state index contributed by atoms with van der Waals surface area (Å²) in [6.07, 6.45) is -0.386. The topological polar surface area (TPSA) is 43.4 Å². The highest BCUT2D eigenvalue weighted by atomic mass is 32.2. The van der Waals surface area contributed by atoms with Crippen LogP contribution in [0.4, 0.5) is 4.39 Å². The highest BCUT2D eigenvalue weighted by Gasteiger charge is 2.25. The summed E-state index contributed by atoms with van der Waals surface area (Å²) < 4.78 is 33.4. The van der Waals surface area contributed by atoms with Crippen LogP contribution >= 0.6 is 0 Å². The molecule has 0 aliphatic carbocycles. The molecule has 3 atom stereocenters. The van der Waals surface area contributed by atoms with E-state index in [4.69, 9.17) is 0 Å². The quantitative estimate of drug-likeness (QED) is 0.572. The lowest BCUT2D eigenvalue weighted by atomic mass is 10.3. The Kier molecular flexibility index (Phi) is 2.98. The van der Waals surface area contributed by atoms with Crippen LogP contribution in [0.1, 0.15) is 13.3 Å². The molecule has 1 rings (SSSR count). The molecule has 0 amide bonds. The van der Waals surface area contributed by atoms with Gasteiger partial charge in [-0.3, -0.25) is 9.11 Å². The third-order valence-corrected chi connectivity index (χ3v) is 2.81. The first kappa shape index (κ1) is 9.09. The highest BCUT2D eigenvalue weighted by Crippen LogP contribution is 2.15. The molecule has 1 heterocycles. The van der Waals surface area contributed by atoms with Gasteiger partial charge in [-0.15, -0.1) is 0 Å². The second-order valence-electron chi connectivity index (χ2n) is 2.74. The molecule has 3 unspecified atom stereocenters. The van der Waals surface area contributed by atoms with E-state index in [2.05, 4.69) is 0 Å². The van der Waals surface area contributed by atoms with Crippen molar-refractivity contribution in [1.82, 2.24) is 4.90 Å². The number of rotatable bonds is 2. The van der Waals surface area contributed by atoms with E-state index < -0.39 is 22.6 Å². The first-order chi connectivity index (χ1) is 5.11. The lowest BCUT2D eigenvalue weighted by molar-refractivity contribution is 0.273. The van der Waals surface area contributed by atoms with Gasteiger partial charge in [0.2, 0.25) is 0 Å². The van der Waals surface area contributed by atoms with Crippen molar-refractivity contribution in [2.24, 2.45) is 0 Å². The minimum absolute atomic E-state index is 0.259. The zero-order valence-electron chi connectivity index (χ0n) is 6.33. The second kappa shape index (κ2) is 3.60. The van der Waals surface area contributed by atoms with Crippen LogP contribution in [0.5, 0.6) is 0 Å². The molecule has 0 spiro atoms. The van der Waals surface area contributed by atoms with Gasteiger partial charge in [0, 0.05) is 13.1 Å². The normalized spacial score (nSPS) is 32.1. The standard InChI is InChI=1S/C6H12FNO2S/c1-5(11(9)10)8-3-2-6(7)4-8/h5-6H,2-4H2,1H3,(H,9,10)/p-1. The summed E-state index contributed by atoms with van der Waals surface area (Å²) in [4.78, 5) is 1.63. The summed E-state index contributed by atoms with van der Waals surface area (Å²) >= 11 is -2.11. The molecule has 5 heteroatoms. The molecule has 0 aromatic heterocycles. The van der Waals surface area contributed by atoms with Crippen LogP contribution in [0, 0.1) is 0 Å². The average molecular weight is 180 g/mol. The largest absolute Gasteiger partial charge is 0.771 e. The monoisotopic (exact) mass is 180 g/mol. The molecule has 0 bridgehead atoms. The van der Waals surface area contributed by atoms with E-state index in [1.54, 1.807) is 11.8 Å². The number of halogens is 1. The van der Waals surface area contributed by atoms with E-state index in [0.29, 0.717) is 13.0 Å². The van der Waals surface area contributed by atoms with E-state index in [-0.39, 0.29) is 6.54 Å². The Morgan fingerprint density at radius 2 is 2.45 bits per heavy atom. The summed E-state index contributed by atoms with van der Waals surface area (Å²) in [6.45, 7) is 2.38. The molecule has 0 N–H and O–H groups in total. The molecule has 1 fully saturated rings. The number of nitrogens with zero attached hydrogens (tertiary/aromatic N) is 1. The summed E-state index contributed by atoms with van der Waals surface area (Å²) in [7, 11) is 0. The van der Waals surface area contributed by atoms with E-state index in [1.165, 1.54) is 0 Å². The van der Waals surface area contributed by atoms with E-state index in [9.17, 15) is 13.2 Å². The lowest BCUT2D eigenvalue weighted by Crippen LogP contribution is -2.34. The highest BCUT2D eigenvalue weighted by molar-refractivity contribution is 7.79. The lowest BCUT2D eigenvalue weighted by Gasteiger charge is -2.25. The maximum atomic E-state index is 12.6. The summed E-state index contributed by atoms with van der Waals surface area (Å²) in [5.41, 5.74) is 0. The fourth-order valence-electron chi connectivity index (χ4n) is 1.19. The average Bonchev–Trinajstić information content (AvgIpc) is 2.34. The minimum Gasteiger partial charge on any atom is -0.771 e. The van der Waals surface area contributed by atoms with E-state index in [1.807, 2.05) is 0 Å². The molecule has 66 valence electrons.